The largest absolute Gasteiger partial charge is 0.326 e. The van der Waals surface area contributed by atoms with Crippen molar-refractivity contribution in [1.29, 1.82) is 0 Å². The molecule has 1 aliphatic rings. The molecule has 4 nitrogen and oxygen atoms in total. The number of urea groups is 1. The van der Waals surface area contributed by atoms with Crippen LogP contribution in [-0.2, 0) is 6.54 Å². The molecule has 18 heavy (non-hydrogen) atoms. The summed E-state index contributed by atoms with van der Waals surface area (Å²) in [5.74, 6) is 0.734. The Hall–Kier alpha value is -1.55. The lowest BCUT2D eigenvalue weighted by molar-refractivity contribution is 0.186. The van der Waals surface area contributed by atoms with Gasteiger partial charge in [-0.05, 0) is 36.5 Å². The Morgan fingerprint density at radius 1 is 1.33 bits per heavy atom. The summed E-state index contributed by atoms with van der Waals surface area (Å²) in [6.07, 6.45) is 2.19. The van der Waals surface area contributed by atoms with Crippen LogP contribution in [0.2, 0.25) is 0 Å². The Morgan fingerprint density at radius 2 is 1.94 bits per heavy atom. The Balaban J connectivity index is 1.90. The lowest BCUT2D eigenvalue weighted by Crippen LogP contribution is -2.40. The van der Waals surface area contributed by atoms with Crippen LogP contribution in [0.15, 0.2) is 24.3 Å². The van der Waals surface area contributed by atoms with Gasteiger partial charge in [-0.15, -0.1) is 0 Å². The van der Waals surface area contributed by atoms with Crippen molar-refractivity contribution >= 4 is 11.7 Å². The zero-order valence-corrected chi connectivity index (χ0v) is 10.9. The van der Waals surface area contributed by atoms with E-state index in [1.54, 1.807) is 0 Å². The van der Waals surface area contributed by atoms with Gasteiger partial charge >= 0.3 is 6.03 Å². The van der Waals surface area contributed by atoms with Crippen molar-refractivity contribution in [1.82, 2.24) is 4.90 Å². The summed E-state index contributed by atoms with van der Waals surface area (Å²) in [5, 5.41) is 2.92. The molecular weight excluding hydrogens is 226 g/mol. The van der Waals surface area contributed by atoms with E-state index in [1.807, 2.05) is 29.2 Å². The molecule has 1 aromatic carbocycles. The number of carbonyl (C=O) groups is 1. The number of carbonyl (C=O) groups excluding carboxylic acids is 1. The number of hydrogen-bond acceptors (Lipinski definition) is 2. The fourth-order valence-corrected chi connectivity index (χ4v) is 2.14. The zero-order valence-electron chi connectivity index (χ0n) is 10.9. The van der Waals surface area contributed by atoms with Gasteiger partial charge in [-0.1, -0.05) is 19.1 Å². The van der Waals surface area contributed by atoms with Gasteiger partial charge in [0.05, 0.1) is 0 Å². The quantitative estimate of drug-likeness (QED) is 0.843. The van der Waals surface area contributed by atoms with Gasteiger partial charge in [0.25, 0.3) is 0 Å². The SMILES string of the molecule is CC1CCN(C(=O)Nc2ccc(CN)cc2)CC1. The number of nitrogens with two attached hydrogens (primary N) is 1. The molecule has 0 saturated carbocycles. The van der Waals surface area contributed by atoms with Gasteiger partial charge in [-0.25, -0.2) is 4.79 Å². The molecule has 0 aliphatic carbocycles. The molecule has 2 rings (SSSR count). The third-order valence-corrected chi connectivity index (χ3v) is 3.51. The molecule has 1 aromatic rings. The van der Waals surface area contributed by atoms with E-state index >= 15 is 0 Å². The average Bonchev–Trinajstić information content (AvgIpc) is 2.40. The summed E-state index contributed by atoms with van der Waals surface area (Å²) >= 11 is 0. The highest BCUT2D eigenvalue weighted by Crippen LogP contribution is 2.17. The molecule has 0 spiro atoms. The first kappa shape index (κ1) is 12.9. The van der Waals surface area contributed by atoms with Crippen molar-refractivity contribution in [3.05, 3.63) is 29.8 Å². The Kier molecular flexibility index (Phi) is 4.20. The summed E-state index contributed by atoms with van der Waals surface area (Å²) < 4.78 is 0. The normalized spacial score (nSPS) is 16.7. The molecule has 0 radical (unpaired) electrons. The van der Waals surface area contributed by atoms with Crippen molar-refractivity contribution < 1.29 is 4.79 Å². The maximum Gasteiger partial charge on any atom is 0.321 e. The summed E-state index contributed by atoms with van der Waals surface area (Å²) in [5.41, 5.74) is 7.43. The van der Waals surface area contributed by atoms with Gasteiger partial charge in [-0.3, -0.25) is 0 Å². The molecule has 0 unspecified atom stereocenters. The lowest BCUT2D eigenvalue weighted by atomic mass is 10.00. The number of hydrogen-bond donors (Lipinski definition) is 2. The molecule has 98 valence electrons. The molecule has 1 fully saturated rings. The van der Waals surface area contributed by atoms with E-state index in [2.05, 4.69) is 12.2 Å². The van der Waals surface area contributed by atoms with Gasteiger partial charge in [0.1, 0.15) is 0 Å². The summed E-state index contributed by atoms with van der Waals surface area (Å²) in [7, 11) is 0. The van der Waals surface area contributed by atoms with Gasteiger partial charge in [0, 0.05) is 25.3 Å². The minimum Gasteiger partial charge on any atom is -0.326 e. The molecule has 1 saturated heterocycles. The molecule has 1 aliphatic heterocycles. The van der Waals surface area contributed by atoms with Crippen molar-refractivity contribution in [2.75, 3.05) is 18.4 Å². The standard InChI is InChI=1S/C14H21N3O/c1-11-6-8-17(9-7-11)14(18)16-13-4-2-12(10-15)3-5-13/h2-5,11H,6-10,15H2,1H3,(H,16,18). The number of amides is 2. The minimum atomic E-state index is 0.00222. The van der Waals surface area contributed by atoms with Crippen molar-refractivity contribution in [3.8, 4) is 0 Å². The molecular formula is C14H21N3O. The summed E-state index contributed by atoms with van der Waals surface area (Å²) in [6.45, 7) is 4.47. The number of benzene rings is 1. The van der Waals surface area contributed by atoms with Crippen LogP contribution in [0.3, 0.4) is 0 Å². The van der Waals surface area contributed by atoms with Gasteiger partial charge in [-0.2, -0.15) is 0 Å². The zero-order chi connectivity index (χ0) is 13.0. The van der Waals surface area contributed by atoms with E-state index in [4.69, 9.17) is 5.73 Å². The smallest absolute Gasteiger partial charge is 0.321 e. The molecule has 0 aromatic heterocycles. The van der Waals surface area contributed by atoms with Gasteiger partial charge < -0.3 is 16.0 Å². The first-order valence-corrected chi connectivity index (χ1v) is 6.54. The van der Waals surface area contributed by atoms with E-state index in [9.17, 15) is 4.79 Å². The third-order valence-electron chi connectivity index (χ3n) is 3.51. The highest BCUT2D eigenvalue weighted by Gasteiger charge is 2.19. The molecule has 0 atom stereocenters. The fourth-order valence-electron chi connectivity index (χ4n) is 2.14. The average molecular weight is 247 g/mol. The number of nitrogens with zero attached hydrogens (tertiary/aromatic N) is 1. The Bertz CT molecular complexity index is 394. The van der Waals surface area contributed by atoms with Crippen molar-refractivity contribution in [3.63, 3.8) is 0 Å². The van der Waals surface area contributed by atoms with Crippen LogP contribution in [0.5, 0.6) is 0 Å². The predicted octanol–water partition coefficient (Wildman–Crippen LogP) is 2.41. The van der Waals surface area contributed by atoms with E-state index in [1.165, 1.54) is 0 Å². The van der Waals surface area contributed by atoms with Crippen molar-refractivity contribution in [2.45, 2.75) is 26.3 Å². The molecule has 2 amide bonds. The lowest BCUT2D eigenvalue weighted by Gasteiger charge is -2.30. The number of anilines is 1. The van der Waals surface area contributed by atoms with Crippen LogP contribution in [0, 0.1) is 5.92 Å². The van der Waals surface area contributed by atoms with E-state index in [0.717, 1.165) is 43.1 Å². The van der Waals surface area contributed by atoms with Crippen LogP contribution in [-0.4, -0.2) is 24.0 Å². The highest BCUT2D eigenvalue weighted by atomic mass is 16.2. The van der Waals surface area contributed by atoms with Gasteiger partial charge in [0.15, 0.2) is 0 Å². The van der Waals surface area contributed by atoms with Crippen LogP contribution in [0.25, 0.3) is 0 Å². The van der Waals surface area contributed by atoms with Crippen LogP contribution in [0.1, 0.15) is 25.3 Å². The Morgan fingerprint density at radius 3 is 2.50 bits per heavy atom. The summed E-state index contributed by atoms with van der Waals surface area (Å²) in [4.78, 5) is 13.9. The van der Waals surface area contributed by atoms with Crippen LogP contribution < -0.4 is 11.1 Å². The maximum atomic E-state index is 12.0. The number of likely N-dealkylation sites (tertiary alicyclic amines) is 1. The molecule has 4 heteroatoms. The van der Waals surface area contributed by atoms with Crippen LogP contribution >= 0.6 is 0 Å². The maximum absolute atomic E-state index is 12.0. The van der Waals surface area contributed by atoms with E-state index in [-0.39, 0.29) is 6.03 Å². The first-order chi connectivity index (χ1) is 8.69. The fraction of sp³-hybridized carbons (Fsp3) is 0.500. The first-order valence-electron chi connectivity index (χ1n) is 6.54. The molecule has 0 bridgehead atoms. The topological polar surface area (TPSA) is 58.4 Å². The number of nitrogens with one attached hydrogen (secondary N) is 1. The predicted molar refractivity (Wildman–Crippen MR) is 73.3 cm³/mol. The molecule has 3 N–H and O–H groups in total. The highest BCUT2D eigenvalue weighted by molar-refractivity contribution is 5.89. The number of piperidine rings is 1. The van der Waals surface area contributed by atoms with Crippen molar-refractivity contribution in [2.24, 2.45) is 11.7 Å². The second kappa shape index (κ2) is 5.87. The van der Waals surface area contributed by atoms with E-state index < -0.39 is 0 Å². The second-order valence-electron chi connectivity index (χ2n) is 5.00. The monoisotopic (exact) mass is 247 g/mol. The van der Waals surface area contributed by atoms with Crippen LogP contribution in [0.4, 0.5) is 10.5 Å². The number of rotatable bonds is 2. The summed E-state index contributed by atoms with van der Waals surface area (Å²) in [6, 6.07) is 7.67. The Labute approximate surface area is 108 Å². The third kappa shape index (κ3) is 3.23. The molecule has 1 heterocycles. The second-order valence-corrected chi connectivity index (χ2v) is 5.00. The van der Waals surface area contributed by atoms with E-state index in [0.29, 0.717) is 6.54 Å². The van der Waals surface area contributed by atoms with Gasteiger partial charge in [0.2, 0.25) is 0 Å². The minimum absolute atomic E-state index is 0.00222.